The maximum atomic E-state index is 8.79. The van der Waals surface area contributed by atoms with Crippen molar-refractivity contribution in [3.63, 3.8) is 0 Å². The van der Waals surface area contributed by atoms with Gasteiger partial charge < -0.3 is 9.68 Å². The van der Waals surface area contributed by atoms with Crippen molar-refractivity contribution >= 4 is 7.69 Å². The van der Waals surface area contributed by atoms with Gasteiger partial charge in [0.15, 0.2) is 0 Å². The van der Waals surface area contributed by atoms with Crippen molar-refractivity contribution in [1.29, 1.82) is 0 Å². The van der Waals surface area contributed by atoms with Gasteiger partial charge in [0.05, 0.1) is 5.60 Å². The van der Waals surface area contributed by atoms with E-state index in [0.29, 0.717) is 0 Å². The molecule has 0 radical (unpaired) electrons. The Morgan fingerprint density at radius 1 is 1.17 bits per heavy atom. The summed E-state index contributed by atoms with van der Waals surface area (Å²) in [5.74, 6) is 0. The van der Waals surface area contributed by atoms with Crippen molar-refractivity contribution in [1.82, 2.24) is 0 Å². The third kappa shape index (κ3) is 1.67. The standard InChI is InChI=1S/C9H19BO2/c1-8(2)6-4-5-7-9(8,3)12-10-11/h10-11H,4-7H2,1-3H3/t9-/m0/s1. The van der Waals surface area contributed by atoms with E-state index >= 15 is 0 Å². The quantitative estimate of drug-likeness (QED) is 0.638. The van der Waals surface area contributed by atoms with Crippen LogP contribution in [0.15, 0.2) is 0 Å². The fraction of sp³-hybridized carbons (Fsp3) is 1.00. The van der Waals surface area contributed by atoms with Gasteiger partial charge in [-0.05, 0) is 25.2 Å². The third-order valence-corrected chi connectivity index (χ3v) is 3.52. The second-order valence-corrected chi connectivity index (χ2v) is 4.60. The van der Waals surface area contributed by atoms with Crippen LogP contribution in [0.25, 0.3) is 0 Å². The van der Waals surface area contributed by atoms with Crippen LogP contribution in [-0.2, 0) is 4.65 Å². The second-order valence-electron chi connectivity index (χ2n) is 4.60. The summed E-state index contributed by atoms with van der Waals surface area (Å²) < 4.78 is 5.44. The first kappa shape index (κ1) is 10.1. The van der Waals surface area contributed by atoms with Crippen LogP contribution in [0.5, 0.6) is 0 Å². The Labute approximate surface area is 75.6 Å². The molecule has 1 aliphatic carbocycles. The molecule has 1 atom stereocenters. The lowest BCUT2D eigenvalue weighted by Crippen LogP contribution is -2.47. The molecule has 1 fully saturated rings. The average Bonchev–Trinajstić information content (AvgIpc) is 1.96. The average molecular weight is 170 g/mol. The predicted octanol–water partition coefficient (Wildman–Crippen LogP) is 1.62. The first-order valence-electron chi connectivity index (χ1n) is 4.77. The van der Waals surface area contributed by atoms with E-state index in [2.05, 4.69) is 20.8 Å². The Bertz CT molecular complexity index is 155. The molecule has 1 saturated carbocycles. The SMILES string of the molecule is CC1(C)CCCC[C@]1(C)OBO. The summed E-state index contributed by atoms with van der Waals surface area (Å²) in [5.41, 5.74) is 0.0774. The molecule has 0 amide bonds. The van der Waals surface area contributed by atoms with Crippen molar-refractivity contribution in [3.8, 4) is 0 Å². The van der Waals surface area contributed by atoms with Crippen molar-refractivity contribution in [2.75, 3.05) is 0 Å². The minimum absolute atomic E-state index is 0.125. The molecule has 12 heavy (non-hydrogen) atoms. The van der Waals surface area contributed by atoms with Gasteiger partial charge in [-0.25, -0.2) is 0 Å². The van der Waals surface area contributed by atoms with Gasteiger partial charge in [-0.2, -0.15) is 0 Å². The molecule has 0 spiro atoms. The monoisotopic (exact) mass is 170 g/mol. The zero-order valence-corrected chi connectivity index (χ0v) is 8.39. The molecule has 2 nitrogen and oxygen atoms in total. The molecule has 0 unspecified atom stereocenters. The van der Waals surface area contributed by atoms with E-state index < -0.39 is 0 Å². The normalized spacial score (nSPS) is 34.7. The van der Waals surface area contributed by atoms with Gasteiger partial charge in [0.25, 0.3) is 0 Å². The summed E-state index contributed by atoms with van der Waals surface area (Å²) in [4.78, 5) is 0. The van der Waals surface area contributed by atoms with E-state index in [1.807, 2.05) is 0 Å². The highest BCUT2D eigenvalue weighted by atomic mass is 16.5. The van der Waals surface area contributed by atoms with Gasteiger partial charge in [-0.3, -0.25) is 0 Å². The van der Waals surface area contributed by atoms with Gasteiger partial charge in [0.2, 0.25) is 0 Å². The van der Waals surface area contributed by atoms with Crippen LogP contribution in [0.2, 0.25) is 0 Å². The molecule has 1 rings (SSSR count). The van der Waals surface area contributed by atoms with Gasteiger partial charge in [-0.15, -0.1) is 0 Å². The van der Waals surface area contributed by atoms with E-state index in [1.165, 1.54) is 19.3 Å². The summed E-state index contributed by atoms with van der Waals surface area (Å²) in [6, 6.07) is 0. The maximum absolute atomic E-state index is 8.79. The van der Waals surface area contributed by atoms with Crippen LogP contribution in [0.4, 0.5) is 0 Å². The predicted molar refractivity (Wildman–Crippen MR) is 51.1 cm³/mol. The summed E-state index contributed by atoms with van der Waals surface area (Å²) in [6.07, 6.45) is 4.78. The van der Waals surface area contributed by atoms with Crippen molar-refractivity contribution < 1.29 is 9.68 Å². The number of rotatable bonds is 2. The Hall–Kier alpha value is -0.0151. The maximum Gasteiger partial charge on any atom is 0.435 e. The molecule has 0 aromatic rings. The van der Waals surface area contributed by atoms with Crippen LogP contribution in [0.1, 0.15) is 46.5 Å². The lowest BCUT2D eigenvalue weighted by molar-refractivity contribution is -0.0662. The van der Waals surface area contributed by atoms with E-state index in [0.717, 1.165) is 6.42 Å². The van der Waals surface area contributed by atoms with Crippen molar-refractivity contribution in [3.05, 3.63) is 0 Å². The second kappa shape index (κ2) is 3.39. The highest BCUT2D eigenvalue weighted by molar-refractivity contribution is 6.16. The largest absolute Gasteiger partial charge is 0.435 e. The molecule has 0 aliphatic heterocycles. The van der Waals surface area contributed by atoms with Crippen LogP contribution >= 0.6 is 0 Å². The first-order chi connectivity index (χ1) is 5.52. The van der Waals surface area contributed by atoms with E-state index in [1.54, 1.807) is 0 Å². The molecular formula is C9H19BO2. The van der Waals surface area contributed by atoms with Crippen molar-refractivity contribution in [2.24, 2.45) is 5.41 Å². The van der Waals surface area contributed by atoms with Crippen LogP contribution in [0.3, 0.4) is 0 Å². The summed E-state index contributed by atoms with van der Waals surface area (Å²) >= 11 is 0. The number of hydrogen-bond acceptors (Lipinski definition) is 2. The van der Waals surface area contributed by atoms with Gasteiger partial charge in [0.1, 0.15) is 0 Å². The lowest BCUT2D eigenvalue weighted by Gasteiger charge is -2.47. The van der Waals surface area contributed by atoms with Gasteiger partial charge in [0, 0.05) is 0 Å². The molecule has 0 saturated heterocycles. The molecule has 3 heteroatoms. The third-order valence-electron chi connectivity index (χ3n) is 3.52. The molecule has 0 heterocycles. The molecule has 1 N–H and O–H groups in total. The fourth-order valence-corrected chi connectivity index (χ4v) is 2.04. The van der Waals surface area contributed by atoms with Gasteiger partial charge in [-0.1, -0.05) is 26.7 Å². The Morgan fingerprint density at radius 2 is 1.75 bits per heavy atom. The Morgan fingerprint density at radius 3 is 2.25 bits per heavy atom. The molecule has 1 aliphatic rings. The summed E-state index contributed by atoms with van der Waals surface area (Å²) in [7, 11) is -0.153. The molecule has 0 aromatic carbocycles. The topological polar surface area (TPSA) is 29.5 Å². The van der Waals surface area contributed by atoms with Gasteiger partial charge >= 0.3 is 7.69 Å². The minimum Gasteiger partial charge on any atom is -0.430 e. The fourth-order valence-electron chi connectivity index (χ4n) is 2.04. The van der Waals surface area contributed by atoms with E-state index in [4.69, 9.17) is 9.68 Å². The molecule has 0 bridgehead atoms. The Balaban J connectivity index is 2.69. The zero-order chi connectivity index (χ0) is 9.24. The first-order valence-corrected chi connectivity index (χ1v) is 4.77. The van der Waals surface area contributed by atoms with E-state index in [9.17, 15) is 0 Å². The summed E-state index contributed by atoms with van der Waals surface area (Å²) in [6.45, 7) is 6.56. The minimum atomic E-state index is -0.153. The molecule has 0 aromatic heterocycles. The van der Waals surface area contributed by atoms with Crippen molar-refractivity contribution in [2.45, 2.75) is 52.1 Å². The zero-order valence-electron chi connectivity index (χ0n) is 8.39. The number of hydrogen-bond donors (Lipinski definition) is 1. The molecule has 70 valence electrons. The van der Waals surface area contributed by atoms with E-state index in [-0.39, 0.29) is 18.7 Å². The van der Waals surface area contributed by atoms with Crippen LogP contribution < -0.4 is 0 Å². The summed E-state index contributed by atoms with van der Waals surface area (Å²) in [5, 5.41) is 8.79. The highest BCUT2D eigenvalue weighted by Crippen LogP contribution is 2.45. The smallest absolute Gasteiger partial charge is 0.430 e. The van der Waals surface area contributed by atoms with Crippen LogP contribution in [0, 0.1) is 5.41 Å². The lowest BCUT2D eigenvalue weighted by atomic mass is 9.66. The Kier molecular flexibility index (Phi) is 2.84. The van der Waals surface area contributed by atoms with Crippen LogP contribution in [-0.4, -0.2) is 18.3 Å². The molecular weight excluding hydrogens is 151 g/mol. The highest BCUT2D eigenvalue weighted by Gasteiger charge is 2.43.